The van der Waals surface area contributed by atoms with Gasteiger partial charge in [-0.3, -0.25) is 19.8 Å². The molecule has 4 rings (SSSR count). The average molecular weight is 389 g/mol. The largest absolute Gasteiger partial charge is 0.347 e. The molecule has 0 saturated carbocycles. The third-order valence-corrected chi connectivity index (χ3v) is 5.15. The van der Waals surface area contributed by atoms with Crippen molar-refractivity contribution < 1.29 is 9.59 Å². The Labute approximate surface area is 168 Å². The maximum Gasteiger partial charge on any atom is 0.265 e. The smallest absolute Gasteiger partial charge is 0.265 e. The van der Waals surface area contributed by atoms with Crippen LogP contribution in [-0.4, -0.2) is 26.4 Å². The highest BCUT2D eigenvalue weighted by molar-refractivity contribution is 7.80. The molecular weight excluding hydrogens is 370 g/mol. The third kappa shape index (κ3) is 3.23. The average Bonchev–Trinajstić information content (AvgIpc) is 3.07. The van der Waals surface area contributed by atoms with Gasteiger partial charge in [0.15, 0.2) is 5.11 Å². The van der Waals surface area contributed by atoms with E-state index in [0.29, 0.717) is 6.54 Å². The van der Waals surface area contributed by atoms with Crippen molar-refractivity contribution in [1.29, 1.82) is 0 Å². The van der Waals surface area contributed by atoms with E-state index >= 15 is 0 Å². The standard InChI is InChI=1S/C22H19N3O2S/c1-2-24-14-16(17-10-6-7-11-19(17)24)12-18-20(26)23-22(28)25(21(18)27)13-15-8-4-3-5-9-15/h3-12,14H,2,13H2,1H3,(H,23,26,28). The highest BCUT2D eigenvalue weighted by atomic mass is 32.1. The number of fused-ring (bicyclic) bond motifs is 1. The molecule has 1 fully saturated rings. The molecule has 0 unspecified atom stereocenters. The Bertz CT molecular complexity index is 1120. The summed E-state index contributed by atoms with van der Waals surface area (Å²) in [7, 11) is 0. The molecule has 1 saturated heterocycles. The predicted octanol–water partition coefficient (Wildman–Crippen LogP) is 3.49. The highest BCUT2D eigenvalue weighted by Crippen LogP contribution is 2.25. The molecule has 140 valence electrons. The minimum absolute atomic E-state index is 0.0866. The van der Waals surface area contributed by atoms with Crippen LogP contribution in [0.2, 0.25) is 0 Å². The van der Waals surface area contributed by atoms with E-state index in [0.717, 1.165) is 28.6 Å². The van der Waals surface area contributed by atoms with Gasteiger partial charge in [-0.05, 0) is 36.8 Å². The quantitative estimate of drug-likeness (QED) is 0.422. The Balaban J connectivity index is 1.73. The molecule has 5 nitrogen and oxygen atoms in total. The molecule has 0 atom stereocenters. The lowest BCUT2D eigenvalue weighted by molar-refractivity contribution is -0.129. The van der Waals surface area contributed by atoms with Crippen LogP contribution in [-0.2, 0) is 22.7 Å². The number of para-hydroxylation sites is 1. The van der Waals surface area contributed by atoms with Crippen LogP contribution in [0.25, 0.3) is 17.0 Å². The number of nitrogens with one attached hydrogen (secondary N) is 1. The summed E-state index contributed by atoms with van der Waals surface area (Å²) in [6.45, 7) is 3.17. The Kier molecular flexibility index (Phi) is 4.79. The molecule has 2 heterocycles. The van der Waals surface area contributed by atoms with Crippen molar-refractivity contribution >= 4 is 46.1 Å². The normalized spacial score (nSPS) is 16.1. The van der Waals surface area contributed by atoms with Crippen LogP contribution in [0.4, 0.5) is 0 Å². The molecule has 0 spiro atoms. The Morgan fingerprint density at radius 2 is 1.75 bits per heavy atom. The molecule has 6 heteroatoms. The van der Waals surface area contributed by atoms with E-state index in [1.807, 2.05) is 60.8 Å². The van der Waals surface area contributed by atoms with Crippen LogP contribution in [0, 0.1) is 0 Å². The molecule has 0 bridgehead atoms. The lowest BCUT2D eigenvalue weighted by Gasteiger charge is -2.29. The summed E-state index contributed by atoms with van der Waals surface area (Å²) < 4.78 is 2.10. The number of thiocarbonyl (C=S) groups is 1. The van der Waals surface area contributed by atoms with Crippen LogP contribution in [0.5, 0.6) is 0 Å². The van der Waals surface area contributed by atoms with E-state index in [1.165, 1.54) is 4.90 Å². The summed E-state index contributed by atoms with van der Waals surface area (Å²) in [5.74, 6) is -0.849. The molecule has 0 radical (unpaired) electrons. The fourth-order valence-corrected chi connectivity index (χ4v) is 3.65. The van der Waals surface area contributed by atoms with Gasteiger partial charge in [-0.1, -0.05) is 48.5 Å². The van der Waals surface area contributed by atoms with Crippen LogP contribution in [0.15, 0.2) is 66.4 Å². The van der Waals surface area contributed by atoms with E-state index in [-0.39, 0.29) is 16.6 Å². The first kappa shape index (κ1) is 18.1. The monoisotopic (exact) mass is 389 g/mol. The van der Waals surface area contributed by atoms with Crippen molar-refractivity contribution in [2.45, 2.75) is 20.0 Å². The van der Waals surface area contributed by atoms with Gasteiger partial charge in [-0.25, -0.2) is 0 Å². The summed E-state index contributed by atoms with van der Waals surface area (Å²) in [6, 6.07) is 17.5. The number of aryl methyl sites for hydroxylation is 1. The van der Waals surface area contributed by atoms with Crippen LogP contribution >= 0.6 is 12.2 Å². The van der Waals surface area contributed by atoms with Gasteiger partial charge in [-0.15, -0.1) is 0 Å². The number of carbonyl (C=O) groups excluding carboxylic acids is 2. The maximum atomic E-state index is 13.1. The highest BCUT2D eigenvalue weighted by Gasteiger charge is 2.33. The van der Waals surface area contributed by atoms with Crippen LogP contribution in [0.3, 0.4) is 0 Å². The molecule has 2 amide bonds. The molecule has 28 heavy (non-hydrogen) atoms. The van der Waals surface area contributed by atoms with Gasteiger partial charge in [0.05, 0.1) is 6.54 Å². The number of amides is 2. The first-order valence-electron chi connectivity index (χ1n) is 9.09. The molecule has 1 aliphatic rings. The van der Waals surface area contributed by atoms with Gasteiger partial charge in [0, 0.05) is 29.2 Å². The number of aromatic nitrogens is 1. The Hall–Kier alpha value is -3.25. The SMILES string of the molecule is CCn1cc(C=C2C(=O)NC(=S)N(Cc3ccccc3)C2=O)c2ccccc21. The zero-order valence-corrected chi connectivity index (χ0v) is 16.2. The van der Waals surface area contributed by atoms with E-state index in [2.05, 4.69) is 16.8 Å². The maximum absolute atomic E-state index is 13.1. The zero-order valence-electron chi connectivity index (χ0n) is 15.4. The third-order valence-electron chi connectivity index (χ3n) is 4.83. The molecule has 3 aromatic rings. The van der Waals surface area contributed by atoms with Gasteiger partial charge in [-0.2, -0.15) is 0 Å². The van der Waals surface area contributed by atoms with E-state index in [9.17, 15) is 9.59 Å². The van der Waals surface area contributed by atoms with E-state index < -0.39 is 5.91 Å². The lowest BCUT2D eigenvalue weighted by atomic mass is 10.1. The van der Waals surface area contributed by atoms with Gasteiger partial charge < -0.3 is 4.57 Å². The van der Waals surface area contributed by atoms with Crippen molar-refractivity contribution in [1.82, 2.24) is 14.8 Å². The van der Waals surface area contributed by atoms with Crippen molar-refractivity contribution in [2.24, 2.45) is 0 Å². The molecule has 1 aromatic heterocycles. The van der Waals surface area contributed by atoms with Crippen LogP contribution in [0.1, 0.15) is 18.1 Å². The van der Waals surface area contributed by atoms with Crippen LogP contribution < -0.4 is 5.32 Å². The second-order valence-electron chi connectivity index (χ2n) is 6.58. The molecule has 1 aliphatic heterocycles. The van der Waals surface area contributed by atoms with Crippen molar-refractivity contribution in [2.75, 3.05) is 0 Å². The Morgan fingerprint density at radius 3 is 2.50 bits per heavy atom. The molecule has 0 aliphatic carbocycles. The summed E-state index contributed by atoms with van der Waals surface area (Å²) in [4.78, 5) is 27.0. The fraction of sp³-hybridized carbons (Fsp3) is 0.136. The minimum Gasteiger partial charge on any atom is -0.347 e. The number of nitrogens with zero attached hydrogens (tertiary/aromatic N) is 2. The summed E-state index contributed by atoms with van der Waals surface area (Å²) in [5.41, 5.74) is 2.93. The van der Waals surface area contributed by atoms with Gasteiger partial charge >= 0.3 is 0 Å². The first-order valence-corrected chi connectivity index (χ1v) is 9.50. The number of rotatable bonds is 4. The molecule has 2 aromatic carbocycles. The van der Waals surface area contributed by atoms with E-state index in [4.69, 9.17) is 12.2 Å². The summed E-state index contributed by atoms with van der Waals surface area (Å²) in [5, 5.41) is 3.77. The topological polar surface area (TPSA) is 54.3 Å². The summed E-state index contributed by atoms with van der Waals surface area (Å²) in [6.07, 6.45) is 3.62. The number of hydrogen-bond donors (Lipinski definition) is 1. The van der Waals surface area contributed by atoms with Gasteiger partial charge in [0.25, 0.3) is 11.8 Å². The second kappa shape index (κ2) is 7.40. The summed E-state index contributed by atoms with van der Waals surface area (Å²) >= 11 is 5.24. The van der Waals surface area contributed by atoms with Gasteiger partial charge in [0.1, 0.15) is 5.57 Å². The second-order valence-corrected chi connectivity index (χ2v) is 6.97. The fourth-order valence-electron chi connectivity index (χ4n) is 3.41. The molecular formula is C22H19N3O2S. The molecule has 1 N–H and O–H groups in total. The first-order chi connectivity index (χ1) is 13.6. The Morgan fingerprint density at radius 1 is 1.04 bits per heavy atom. The minimum atomic E-state index is -0.465. The lowest BCUT2D eigenvalue weighted by Crippen LogP contribution is -2.53. The number of benzene rings is 2. The van der Waals surface area contributed by atoms with Crippen molar-refractivity contribution in [3.8, 4) is 0 Å². The van der Waals surface area contributed by atoms with E-state index in [1.54, 1.807) is 6.08 Å². The van der Waals surface area contributed by atoms with Gasteiger partial charge in [0.2, 0.25) is 0 Å². The van der Waals surface area contributed by atoms with Crippen molar-refractivity contribution in [3.05, 3.63) is 77.5 Å². The predicted molar refractivity (Wildman–Crippen MR) is 113 cm³/mol. The number of hydrogen-bond acceptors (Lipinski definition) is 3. The van der Waals surface area contributed by atoms with Crippen molar-refractivity contribution in [3.63, 3.8) is 0 Å². The number of carbonyl (C=O) groups is 2. The zero-order chi connectivity index (χ0) is 19.7.